The molecule has 0 saturated heterocycles. The van der Waals surface area contributed by atoms with Crippen molar-refractivity contribution >= 4 is 5.78 Å². The van der Waals surface area contributed by atoms with Gasteiger partial charge in [-0.1, -0.05) is 41.2 Å². The Kier molecular flexibility index (Phi) is 6.46. The fourth-order valence-corrected chi connectivity index (χ4v) is 11.8. The first-order valence-corrected chi connectivity index (χ1v) is 14.7. The summed E-state index contributed by atoms with van der Waals surface area (Å²) < 4.78 is 11.4. The molecule has 5 aliphatic carbocycles. The summed E-state index contributed by atoms with van der Waals surface area (Å²) in [5, 5.41) is 10.8. The molecule has 5 aliphatic rings. The molecule has 1 N–H and O–H groups in total. The highest BCUT2D eigenvalue weighted by molar-refractivity contribution is 5.85. The highest BCUT2D eigenvalue weighted by atomic mass is 16.7. The van der Waals surface area contributed by atoms with E-state index in [0.29, 0.717) is 35.4 Å². The molecule has 36 heavy (non-hydrogen) atoms. The number of ketones is 1. The molecule has 0 aromatic carbocycles. The van der Waals surface area contributed by atoms with Crippen LogP contribution in [0.3, 0.4) is 0 Å². The van der Waals surface area contributed by atoms with Gasteiger partial charge in [-0.2, -0.15) is 0 Å². The Labute approximate surface area is 220 Å². The fraction of sp³-hybridized carbons (Fsp3) is 0.906. The quantitative estimate of drug-likeness (QED) is 0.333. The van der Waals surface area contributed by atoms with E-state index in [4.69, 9.17) is 9.47 Å². The SMILES string of the molecule is C=C(C(OC)OC)[C@@H]1CC[C@]2(CO)CC[C@]3(C)[C@H](CC[C@@H]4[C@@]5(C)CCC(=O)C(C)(C)[C@@H]5CC[C@]43C)[C@@H]12. The molecule has 5 fully saturated rings. The molecule has 0 heterocycles. The number of Topliss-reactive ketones (excluding diaryl/α,β-unsaturated/α-hetero) is 1. The second-order valence-electron chi connectivity index (χ2n) is 14.9. The van der Waals surface area contributed by atoms with Crippen LogP contribution in [-0.2, 0) is 14.3 Å². The summed E-state index contributed by atoms with van der Waals surface area (Å²) in [5.74, 6) is 2.99. The van der Waals surface area contributed by atoms with Gasteiger partial charge in [0.25, 0.3) is 0 Å². The van der Waals surface area contributed by atoms with Gasteiger partial charge >= 0.3 is 0 Å². The summed E-state index contributed by atoms with van der Waals surface area (Å²) in [6.45, 7) is 17.1. The van der Waals surface area contributed by atoms with E-state index in [-0.39, 0.29) is 40.0 Å². The van der Waals surface area contributed by atoms with Crippen molar-refractivity contribution in [2.75, 3.05) is 20.8 Å². The third kappa shape index (κ3) is 3.25. The third-order valence-electron chi connectivity index (χ3n) is 13.9. The van der Waals surface area contributed by atoms with Crippen molar-refractivity contribution in [1.82, 2.24) is 0 Å². The zero-order valence-electron chi connectivity index (χ0n) is 24.1. The second kappa shape index (κ2) is 8.65. The van der Waals surface area contributed by atoms with Gasteiger partial charge in [-0.25, -0.2) is 0 Å². The van der Waals surface area contributed by atoms with Crippen LogP contribution in [0.5, 0.6) is 0 Å². The van der Waals surface area contributed by atoms with Crippen molar-refractivity contribution in [1.29, 1.82) is 0 Å². The molecular formula is C32H52O4. The normalized spacial score (nSPS) is 49.7. The van der Waals surface area contributed by atoms with E-state index in [9.17, 15) is 9.90 Å². The lowest BCUT2D eigenvalue weighted by molar-refractivity contribution is -0.236. The van der Waals surface area contributed by atoms with Crippen LogP contribution in [0.2, 0.25) is 0 Å². The molecule has 0 radical (unpaired) electrons. The predicted molar refractivity (Wildman–Crippen MR) is 143 cm³/mol. The number of methoxy groups -OCH3 is 2. The highest BCUT2D eigenvalue weighted by Crippen LogP contribution is 2.77. The third-order valence-corrected chi connectivity index (χ3v) is 13.9. The summed E-state index contributed by atoms with van der Waals surface area (Å²) in [6, 6.07) is 0. The number of hydrogen-bond donors (Lipinski definition) is 1. The predicted octanol–water partition coefficient (Wildman–Crippen LogP) is 6.80. The van der Waals surface area contributed by atoms with E-state index < -0.39 is 0 Å². The largest absolute Gasteiger partial charge is 0.396 e. The topological polar surface area (TPSA) is 55.8 Å². The molecular weight excluding hydrogens is 448 g/mol. The maximum absolute atomic E-state index is 13.0. The standard InChI is InChI=1S/C32H52O4/c1-20(27(35-7)36-8)21-11-16-32(19-33)18-17-30(5)22(26(21)32)9-10-24-29(4)14-13-25(34)28(2,3)23(29)12-15-31(24,30)6/h21-24,26-27,33H,1,9-19H2,2-8H3/t21-,22+,23-,24+,26+,29-,30+,31+,32+/m0/s1. The summed E-state index contributed by atoms with van der Waals surface area (Å²) in [4.78, 5) is 13.0. The Morgan fingerprint density at radius 1 is 0.917 bits per heavy atom. The smallest absolute Gasteiger partial charge is 0.179 e. The zero-order chi connectivity index (χ0) is 26.3. The lowest BCUT2D eigenvalue weighted by Crippen LogP contribution is -2.66. The van der Waals surface area contributed by atoms with Crippen LogP contribution in [0.15, 0.2) is 12.2 Å². The van der Waals surface area contributed by atoms with Crippen LogP contribution in [0, 0.1) is 56.7 Å². The maximum atomic E-state index is 13.0. The highest BCUT2D eigenvalue weighted by Gasteiger charge is 2.71. The molecule has 0 aromatic heterocycles. The number of carbonyl (C=O) groups is 1. The van der Waals surface area contributed by atoms with Gasteiger partial charge in [0.2, 0.25) is 0 Å². The number of ether oxygens (including phenoxy) is 2. The van der Waals surface area contributed by atoms with E-state index in [0.717, 1.165) is 37.7 Å². The number of aliphatic hydroxyl groups is 1. The average molecular weight is 501 g/mol. The van der Waals surface area contributed by atoms with Gasteiger partial charge < -0.3 is 14.6 Å². The Bertz CT molecular complexity index is 906. The maximum Gasteiger partial charge on any atom is 0.179 e. The van der Waals surface area contributed by atoms with Crippen molar-refractivity contribution in [3.8, 4) is 0 Å². The molecule has 5 saturated carbocycles. The van der Waals surface area contributed by atoms with E-state index in [1.54, 1.807) is 14.2 Å². The Hall–Kier alpha value is -0.710. The van der Waals surface area contributed by atoms with Crippen LogP contribution < -0.4 is 0 Å². The number of carbonyl (C=O) groups excluding carboxylic acids is 1. The van der Waals surface area contributed by atoms with E-state index in [2.05, 4.69) is 41.2 Å². The van der Waals surface area contributed by atoms with Gasteiger partial charge in [-0.15, -0.1) is 0 Å². The lowest BCUT2D eigenvalue weighted by atomic mass is 9.32. The van der Waals surface area contributed by atoms with Crippen LogP contribution in [0.25, 0.3) is 0 Å². The number of hydrogen-bond acceptors (Lipinski definition) is 4. The van der Waals surface area contributed by atoms with Crippen LogP contribution in [0.4, 0.5) is 0 Å². The van der Waals surface area contributed by atoms with Crippen molar-refractivity contribution in [2.45, 2.75) is 105 Å². The molecule has 0 aliphatic heterocycles. The Balaban J connectivity index is 1.53. The van der Waals surface area contributed by atoms with Crippen molar-refractivity contribution in [3.63, 3.8) is 0 Å². The summed E-state index contributed by atoms with van der Waals surface area (Å²) in [6.07, 6.45) is 10.8. The fourth-order valence-electron chi connectivity index (χ4n) is 11.8. The summed E-state index contributed by atoms with van der Waals surface area (Å²) in [7, 11) is 3.42. The average Bonchev–Trinajstić information content (AvgIpc) is 3.23. The van der Waals surface area contributed by atoms with Gasteiger partial charge in [-0.05, 0) is 115 Å². The molecule has 204 valence electrons. The first-order valence-electron chi connectivity index (χ1n) is 14.7. The van der Waals surface area contributed by atoms with Gasteiger partial charge in [0.15, 0.2) is 6.29 Å². The van der Waals surface area contributed by atoms with Gasteiger partial charge in [0.05, 0.1) is 0 Å². The van der Waals surface area contributed by atoms with Crippen molar-refractivity contribution in [2.24, 2.45) is 56.7 Å². The number of aliphatic hydroxyl groups excluding tert-OH is 1. The monoisotopic (exact) mass is 500 g/mol. The van der Waals surface area contributed by atoms with Crippen LogP contribution in [0.1, 0.15) is 98.8 Å². The molecule has 0 aromatic rings. The van der Waals surface area contributed by atoms with Gasteiger partial charge in [0, 0.05) is 32.7 Å². The molecule has 5 rings (SSSR count). The van der Waals surface area contributed by atoms with Gasteiger partial charge in [0.1, 0.15) is 5.78 Å². The Morgan fingerprint density at radius 3 is 2.25 bits per heavy atom. The first-order chi connectivity index (χ1) is 16.9. The zero-order valence-corrected chi connectivity index (χ0v) is 24.1. The van der Waals surface area contributed by atoms with Crippen molar-refractivity contribution in [3.05, 3.63) is 12.2 Å². The number of rotatable bonds is 5. The van der Waals surface area contributed by atoms with E-state index in [1.165, 1.54) is 32.1 Å². The van der Waals surface area contributed by atoms with Crippen molar-refractivity contribution < 1.29 is 19.4 Å². The summed E-state index contributed by atoms with van der Waals surface area (Å²) in [5.41, 5.74) is 1.61. The molecule has 0 unspecified atom stereocenters. The molecule has 4 nitrogen and oxygen atoms in total. The second-order valence-corrected chi connectivity index (χ2v) is 14.9. The molecule has 0 bridgehead atoms. The Morgan fingerprint density at radius 2 is 1.61 bits per heavy atom. The minimum atomic E-state index is -0.374. The first kappa shape index (κ1) is 26.9. The minimum Gasteiger partial charge on any atom is -0.396 e. The summed E-state index contributed by atoms with van der Waals surface area (Å²) >= 11 is 0. The van der Waals surface area contributed by atoms with Gasteiger partial charge in [-0.3, -0.25) is 4.79 Å². The molecule has 9 atom stereocenters. The lowest BCUT2D eigenvalue weighted by Gasteiger charge is -2.72. The van der Waals surface area contributed by atoms with E-state index >= 15 is 0 Å². The molecule has 0 amide bonds. The molecule has 4 heteroatoms. The minimum absolute atomic E-state index is 0.00731. The van der Waals surface area contributed by atoms with E-state index in [1.807, 2.05) is 0 Å². The van der Waals surface area contributed by atoms with Crippen LogP contribution in [-0.4, -0.2) is 38.0 Å². The number of fused-ring (bicyclic) bond motifs is 7. The van der Waals surface area contributed by atoms with Crippen LogP contribution >= 0.6 is 0 Å². The molecule has 0 spiro atoms.